The van der Waals surface area contributed by atoms with Crippen LogP contribution in [-0.2, 0) is 22.7 Å². The van der Waals surface area contributed by atoms with Gasteiger partial charge >= 0.3 is 0 Å². The van der Waals surface area contributed by atoms with Crippen LogP contribution in [0.5, 0.6) is 0 Å². The number of carbonyl (C=O) groups is 2. The minimum Gasteiger partial charge on any atom is -0.341 e. The Morgan fingerprint density at radius 3 is 2.38 bits per heavy atom. The molecular weight excluding hydrogens is 331 g/mol. The Morgan fingerprint density at radius 2 is 1.73 bits per heavy atom. The van der Waals surface area contributed by atoms with Crippen LogP contribution in [-0.4, -0.2) is 35.2 Å². The molecule has 0 N–H and O–H groups in total. The summed E-state index contributed by atoms with van der Waals surface area (Å²) in [5, 5.41) is 0. The standard InChI is InChI=1S/C21H23FN2O2/c1-15-3-5-17(6-4-15)13-24-14-18(11-20(24)25)21(26)23(2)12-16-7-9-19(22)10-8-16/h3-10,18H,11-14H2,1-2H3. The van der Waals surface area contributed by atoms with Crippen LogP contribution in [0.15, 0.2) is 48.5 Å². The summed E-state index contributed by atoms with van der Waals surface area (Å²) in [5.41, 5.74) is 3.11. The zero-order valence-electron chi connectivity index (χ0n) is 15.1. The molecule has 1 aliphatic rings. The van der Waals surface area contributed by atoms with E-state index in [0.717, 1.165) is 11.1 Å². The van der Waals surface area contributed by atoms with E-state index in [1.165, 1.54) is 17.7 Å². The van der Waals surface area contributed by atoms with Crippen LogP contribution in [0.25, 0.3) is 0 Å². The second-order valence-corrected chi connectivity index (χ2v) is 6.98. The predicted octanol–water partition coefficient (Wildman–Crippen LogP) is 3.14. The first-order valence-electron chi connectivity index (χ1n) is 8.75. The molecular formula is C21H23FN2O2. The highest BCUT2D eigenvalue weighted by Gasteiger charge is 2.35. The number of aryl methyl sites for hydroxylation is 1. The molecule has 2 amide bonds. The molecule has 26 heavy (non-hydrogen) atoms. The summed E-state index contributed by atoms with van der Waals surface area (Å²) in [6, 6.07) is 14.2. The van der Waals surface area contributed by atoms with Crippen LogP contribution in [0.2, 0.25) is 0 Å². The maximum absolute atomic E-state index is 13.0. The zero-order chi connectivity index (χ0) is 18.7. The van der Waals surface area contributed by atoms with Crippen molar-refractivity contribution in [1.29, 1.82) is 0 Å². The van der Waals surface area contributed by atoms with Crippen molar-refractivity contribution in [1.82, 2.24) is 9.80 Å². The Kier molecular flexibility index (Phi) is 5.35. The highest BCUT2D eigenvalue weighted by atomic mass is 19.1. The van der Waals surface area contributed by atoms with Gasteiger partial charge in [0.15, 0.2) is 0 Å². The molecule has 3 rings (SSSR count). The fourth-order valence-electron chi connectivity index (χ4n) is 3.26. The Balaban J connectivity index is 1.59. The Labute approximate surface area is 153 Å². The summed E-state index contributed by atoms with van der Waals surface area (Å²) >= 11 is 0. The molecule has 0 bridgehead atoms. The minimum absolute atomic E-state index is 0.0131. The molecule has 1 unspecified atom stereocenters. The zero-order valence-corrected chi connectivity index (χ0v) is 15.1. The van der Waals surface area contributed by atoms with Gasteiger partial charge in [-0.3, -0.25) is 9.59 Å². The van der Waals surface area contributed by atoms with Crippen molar-refractivity contribution < 1.29 is 14.0 Å². The molecule has 1 saturated heterocycles. The SMILES string of the molecule is Cc1ccc(CN2CC(C(=O)N(C)Cc3ccc(F)cc3)CC2=O)cc1. The van der Waals surface area contributed by atoms with Crippen molar-refractivity contribution in [3.05, 3.63) is 71.0 Å². The topological polar surface area (TPSA) is 40.6 Å². The molecule has 4 nitrogen and oxygen atoms in total. The summed E-state index contributed by atoms with van der Waals surface area (Å²) in [5.74, 6) is -0.651. The highest BCUT2D eigenvalue weighted by Crippen LogP contribution is 2.22. The Hall–Kier alpha value is -2.69. The normalized spacial score (nSPS) is 16.8. The number of halogens is 1. The number of hydrogen-bond acceptors (Lipinski definition) is 2. The monoisotopic (exact) mass is 354 g/mol. The van der Waals surface area contributed by atoms with Gasteiger partial charge in [-0.05, 0) is 30.2 Å². The van der Waals surface area contributed by atoms with Crippen molar-refractivity contribution in [3.63, 3.8) is 0 Å². The lowest BCUT2D eigenvalue weighted by molar-refractivity contribution is -0.135. The van der Waals surface area contributed by atoms with Gasteiger partial charge in [-0.25, -0.2) is 4.39 Å². The first-order valence-corrected chi connectivity index (χ1v) is 8.75. The highest BCUT2D eigenvalue weighted by molar-refractivity contribution is 5.89. The van der Waals surface area contributed by atoms with Gasteiger partial charge in [0.1, 0.15) is 5.82 Å². The van der Waals surface area contributed by atoms with Gasteiger partial charge in [-0.2, -0.15) is 0 Å². The van der Waals surface area contributed by atoms with Crippen molar-refractivity contribution >= 4 is 11.8 Å². The summed E-state index contributed by atoms with van der Waals surface area (Å²) in [4.78, 5) is 28.3. The van der Waals surface area contributed by atoms with E-state index >= 15 is 0 Å². The van der Waals surface area contributed by atoms with E-state index in [9.17, 15) is 14.0 Å². The van der Waals surface area contributed by atoms with E-state index in [0.29, 0.717) is 19.6 Å². The Morgan fingerprint density at radius 1 is 1.12 bits per heavy atom. The molecule has 2 aromatic carbocycles. The van der Waals surface area contributed by atoms with Crippen LogP contribution < -0.4 is 0 Å². The average Bonchev–Trinajstić information content (AvgIpc) is 2.99. The van der Waals surface area contributed by atoms with Crippen molar-refractivity contribution in [3.8, 4) is 0 Å². The largest absolute Gasteiger partial charge is 0.341 e. The third kappa shape index (κ3) is 4.28. The molecule has 0 saturated carbocycles. The van der Waals surface area contributed by atoms with E-state index in [-0.39, 0.29) is 30.0 Å². The lowest BCUT2D eigenvalue weighted by Crippen LogP contribution is -2.34. The van der Waals surface area contributed by atoms with Crippen LogP contribution in [0.1, 0.15) is 23.1 Å². The third-order valence-corrected chi connectivity index (χ3v) is 4.77. The molecule has 0 aliphatic carbocycles. The summed E-state index contributed by atoms with van der Waals surface area (Å²) < 4.78 is 13.0. The van der Waals surface area contributed by atoms with Crippen molar-refractivity contribution in [2.75, 3.05) is 13.6 Å². The van der Waals surface area contributed by atoms with Gasteiger partial charge in [-0.15, -0.1) is 0 Å². The Bertz CT molecular complexity index is 787. The van der Waals surface area contributed by atoms with Gasteiger partial charge in [0, 0.05) is 33.1 Å². The van der Waals surface area contributed by atoms with Crippen LogP contribution in [0.4, 0.5) is 4.39 Å². The molecule has 1 aliphatic heterocycles. The van der Waals surface area contributed by atoms with Gasteiger partial charge in [-0.1, -0.05) is 42.0 Å². The van der Waals surface area contributed by atoms with Crippen LogP contribution in [0.3, 0.4) is 0 Å². The number of rotatable bonds is 5. The first kappa shape index (κ1) is 18.1. The number of hydrogen-bond donors (Lipinski definition) is 0. The number of likely N-dealkylation sites (tertiary alicyclic amines) is 1. The van der Waals surface area contributed by atoms with Gasteiger partial charge in [0.05, 0.1) is 5.92 Å². The first-order chi connectivity index (χ1) is 12.4. The fourth-order valence-corrected chi connectivity index (χ4v) is 3.26. The fraction of sp³-hybridized carbons (Fsp3) is 0.333. The maximum atomic E-state index is 13.0. The van der Waals surface area contributed by atoms with Crippen LogP contribution in [0, 0.1) is 18.7 Å². The van der Waals surface area contributed by atoms with E-state index in [2.05, 4.69) is 0 Å². The summed E-state index contributed by atoms with van der Waals surface area (Å²) in [6.45, 7) is 3.40. The lowest BCUT2D eigenvalue weighted by Gasteiger charge is -2.21. The quantitative estimate of drug-likeness (QED) is 0.828. The molecule has 1 fully saturated rings. The molecule has 1 heterocycles. The summed E-state index contributed by atoms with van der Waals surface area (Å²) in [7, 11) is 1.72. The average molecular weight is 354 g/mol. The second-order valence-electron chi connectivity index (χ2n) is 6.98. The van der Waals surface area contributed by atoms with E-state index < -0.39 is 0 Å². The van der Waals surface area contributed by atoms with Gasteiger partial charge < -0.3 is 9.80 Å². The van der Waals surface area contributed by atoms with Crippen molar-refractivity contribution in [2.24, 2.45) is 5.92 Å². The third-order valence-electron chi connectivity index (χ3n) is 4.77. The number of amides is 2. The molecule has 5 heteroatoms. The molecule has 0 radical (unpaired) electrons. The molecule has 0 aromatic heterocycles. The second kappa shape index (κ2) is 7.68. The smallest absolute Gasteiger partial charge is 0.228 e. The van der Waals surface area contributed by atoms with E-state index in [4.69, 9.17) is 0 Å². The minimum atomic E-state index is -0.321. The van der Waals surface area contributed by atoms with Crippen molar-refractivity contribution in [2.45, 2.75) is 26.4 Å². The molecule has 136 valence electrons. The van der Waals surface area contributed by atoms with Gasteiger partial charge in [0.2, 0.25) is 11.8 Å². The van der Waals surface area contributed by atoms with Crippen LogP contribution >= 0.6 is 0 Å². The maximum Gasteiger partial charge on any atom is 0.228 e. The number of carbonyl (C=O) groups excluding carboxylic acids is 2. The van der Waals surface area contributed by atoms with E-state index in [1.54, 1.807) is 29.0 Å². The molecule has 2 aromatic rings. The molecule has 1 atom stereocenters. The van der Waals surface area contributed by atoms with Gasteiger partial charge in [0.25, 0.3) is 0 Å². The van der Waals surface area contributed by atoms with E-state index in [1.807, 2.05) is 31.2 Å². The number of benzene rings is 2. The molecule has 0 spiro atoms. The lowest BCUT2D eigenvalue weighted by atomic mass is 10.1. The summed E-state index contributed by atoms with van der Waals surface area (Å²) in [6.07, 6.45) is 0.248. The predicted molar refractivity (Wildman–Crippen MR) is 97.6 cm³/mol. The number of nitrogens with zero attached hydrogens (tertiary/aromatic N) is 2.